The molecule has 25 heavy (non-hydrogen) atoms. The second-order valence-electron chi connectivity index (χ2n) is 7.71. The third-order valence-corrected chi connectivity index (χ3v) is 5.70. The molecular formula is C20H32N4O. The zero-order valence-corrected chi connectivity index (χ0v) is 15.8. The van der Waals surface area contributed by atoms with E-state index in [0.29, 0.717) is 12.6 Å². The molecule has 2 atom stereocenters. The summed E-state index contributed by atoms with van der Waals surface area (Å²) in [5.41, 5.74) is 4.14. The minimum absolute atomic E-state index is 0.0268. The lowest BCUT2D eigenvalue weighted by Gasteiger charge is -2.37. The number of carbonyl (C=O) groups is 1. The number of nitrogens with zero attached hydrogens (tertiary/aromatic N) is 2. The van der Waals surface area contributed by atoms with Gasteiger partial charge in [-0.3, -0.25) is 4.90 Å². The third-order valence-electron chi connectivity index (χ3n) is 5.70. The van der Waals surface area contributed by atoms with Crippen LogP contribution in [0.2, 0.25) is 0 Å². The number of piperazine rings is 1. The maximum Gasteiger partial charge on any atom is 0.315 e. The lowest BCUT2D eigenvalue weighted by molar-refractivity contribution is 0.114. The van der Waals surface area contributed by atoms with Gasteiger partial charge in [-0.15, -0.1) is 0 Å². The monoisotopic (exact) mass is 344 g/mol. The Balaban J connectivity index is 1.50. The fourth-order valence-electron chi connectivity index (χ4n) is 3.89. The van der Waals surface area contributed by atoms with Crippen LogP contribution in [0.3, 0.4) is 0 Å². The smallest absolute Gasteiger partial charge is 0.315 e. The number of benzene rings is 1. The topological polar surface area (TPSA) is 47.6 Å². The molecule has 2 amide bonds. The van der Waals surface area contributed by atoms with Gasteiger partial charge in [-0.2, -0.15) is 0 Å². The lowest BCUT2D eigenvalue weighted by Crippen LogP contribution is -2.55. The Hall–Kier alpha value is -1.59. The quantitative estimate of drug-likeness (QED) is 0.880. The van der Waals surface area contributed by atoms with Crippen LogP contribution in [-0.4, -0.2) is 62.1 Å². The zero-order chi connectivity index (χ0) is 17.8. The number of nitrogens with one attached hydrogen (secondary N) is 2. The van der Waals surface area contributed by atoms with Gasteiger partial charge in [-0.25, -0.2) is 4.79 Å². The zero-order valence-electron chi connectivity index (χ0n) is 15.8. The van der Waals surface area contributed by atoms with Crippen molar-refractivity contribution < 1.29 is 4.79 Å². The van der Waals surface area contributed by atoms with Crippen LogP contribution in [0.25, 0.3) is 0 Å². The highest BCUT2D eigenvalue weighted by molar-refractivity contribution is 5.74. The molecule has 1 aliphatic heterocycles. The van der Waals surface area contributed by atoms with Crippen molar-refractivity contribution in [2.24, 2.45) is 0 Å². The summed E-state index contributed by atoms with van der Waals surface area (Å²) in [5.74, 6) is 0. The van der Waals surface area contributed by atoms with Gasteiger partial charge in [-0.05, 0) is 63.4 Å². The first kappa shape index (κ1) is 18.2. The number of fused-ring (bicyclic) bond motifs is 1. The van der Waals surface area contributed by atoms with Gasteiger partial charge >= 0.3 is 6.03 Å². The van der Waals surface area contributed by atoms with Gasteiger partial charge in [0.1, 0.15) is 0 Å². The SMILES string of the molecule is CC(NC(=O)NCC1CN(C)CCN1C)c1ccc2c(c1)CCCC2. The molecule has 2 N–H and O–H groups in total. The Labute approximate surface area is 151 Å². The molecule has 1 aromatic carbocycles. The maximum atomic E-state index is 12.3. The van der Waals surface area contributed by atoms with Gasteiger partial charge in [0.05, 0.1) is 6.04 Å². The number of urea groups is 1. The van der Waals surface area contributed by atoms with E-state index in [9.17, 15) is 4.79 Å². The fourth-order valence-corrected chi connectivity index (χ4v) is 3.89. The molecule has 5 nitrogen and oxygen atoms in total. The highest BCUT2D eigenvalue weighted by atomic mass is 16.2. The summed E-state index contributed by atoms with van der Waals surface area (Å²) < 4.78 is 0. The minimum Gasteiger partial charge on any atom is -0.337 e. The summed E-state index contributed by atoms with van der Waals surface area (Å²) in [6, 6.07) is 7.02. The van der Waals surface area contributed by atoms with Crippen LogP contribution in [0.15, 0.2) is 18.2 Å². The highest BCUT2D eigenvalue weighted by Gasteiger charge is 2.22. The van der Waals surface area contributed by atoms with Crippen LogP contribution in [0, 0.1) is 0 Å². The molecule has 138 valence electrons. The van der Waals surface area contributed by atoms with Crippen LogP contribution in [-0.2, 0) is 12.8 Å². The number of rotatable bonds is 4. The Morgan fingerprint density at radius 2 is 1.96 bits per heavy atom. The maximum absolute atomic E-state index is 12.3. The number of carbonyl (C=O) groups excluding carboxylic acids is 1. The molecule has 0 spiro atoms. The molecule has 1 saturated heterocycles. The molecule has 0 saturated carbocycles. The molecule has 2 aliphatic rings. The predicted molar refractivity (Wildman–Crippen MR) is 102 cm³/mol. The van der Waals surface area contributed by atoms with Crippen molar-refractivity contribution in [3.63, 3.8) is 0 Å². The van der Waals surface area contributed by atoms with Gasteiger partial charge in [0.25, 0.3) is 0 Å². The fraction of sp³-hybridized carbons (Fsp3) is 0.650. The van der Waals surface area contributed by atoms with Crippen LogP contribution in [0.4, 0.5) is 4.79 Å². The first-order chi connectivity index (χ1) is 12.0. The first-order valence-corrected chi connectivity index (χ1v) is 9.58. The van der Waals surface area contributed by atoms with E-state index in [1.54, 1.807) is 0 Å². The molecule has 5 heteroatoms. The second kappa shape index (κ2) is 8.19. The average Bonchev–Trinajstić information content (AvgIpc) is 2.62. The van der Waals surface area contributed by atoms with E-state index < -0.39 is 0 Å². The van der Waals surface area contributed by atoms with Crippen molar-refractivity contribution in [3.8, 4) is 0 Å². The molecule has 1 fully saturated rings. The Morgan fingerprint density at radius 1 is 1.20 bits per heavy atom. The van der Waals surface area contributed by atoms with Crippen LogP contribution >= 0.6 is 0 Å². The standard InChI is InChI=1S/C20H32N4O/c1-15(17-9-8-16-6-4-5-7-18(16)12-17)22-20(25)21-13-19-14-23(2)10-11-24(19)3/h8-9,12,15,19H,4-7,10-11,13-14H2,1-3H3,(H2,21,22,25). The second-order valence-corrected chi connectivity index (χ2v) is 7.71. The van der Waals surface area contributed by atoms with Crippen molar-refractivity contribution >= 4 is 6.03 Å². The molecular weight excluding hydrogens is 312 g/mol. The van der Waals surface area contributed by atoms with Crippen LogP contribution < -0.4 is 10.6 Å². The van der Waals surface area contributed by atoms with E-state index >= 15 is 0 Å². The Bertz CT molecular complexity index is 603. The highest BCUT2D eigenvalue weighted by Crippen LogP contribution is 2.24. The van der Waals surface area contributed by atoms with Crippen molar-refractivity contribution in [1.29, 1.82) is 0 Å². The van der Waals surface area contributed by atoms with Gasteiger partial charge in [0.2, 0.25) is 0 Å². The largest absolute Gasteiger partial charge is 0.337 e. The number of hydrogen-bond donors (Lipinski definition) is 2. The van der Waals surface area contributed by atoms with Crippen LogP contribution in [0.5, 0.6) is 0 Å². The summed E-state index contributed by atoms with van der Waals surface area (Å²) in [6.07, 6.45) is 4.94. The number of hydrogen-bond acceptors (Lipinski definition) is 3. The van der Waals surface area contributed by atoms with E-state index in [0.717, 1.165) is 19.6 Å². The van der Waals surface area contributed by atoms with Crippen molar-refractivity contribution in [1.82, 2.24) is 20.4 Å². The molecule has 1 aliphatic carbocycles. The number of aryl methyl sites for hydroxylation is 2. The van der Waals surface area contributed by atoms with E-state index in [-0.39, 0.29) is 12.1 Å². The molecule has 2 unspecified atom stereocenters. The summed E-state index contributed by atoms with van der Waals surface area (Å²) in [7, 11) is 4.27. The first-order valence-electron chi connectivity index (χ1n) is 9.58. The van der Waals surface area contributed by atoms with Crippen molar-refractivity contribution in [2.75, 3.05) is 40.3 Å². The third kappa shape index (κ3) is 4.73. The summed E-state index contributed by atoms with van der Waals surface area (Å²) in [6.45, 7) is 5.88. The number of likely N-dealkylation sites (N-methyl/N-ethyl adjacent to an activating group) is 2. The van der Waals surface area contributed by atoms with Crippen molar-refractivity contribution in [2.45, 2.75) is 44.7 Å². The van der Waals surface area contributed by atoms with E-state index in [2.05, 4.69) is 59.7 Å². The lowest BCUT2D eigenvalue weighted by atomic mass is 9.89. The molecule has 0 aromatic heterocycles. The van der Waals surface area contributed by atoms with Gasteiger partial charge in [0.15, 0.2) is 0 Å². The predicted octanol–water partition coefficient (Wildman–Crippen LogP) is 2.17. The Morgan fingerprint density at radius 3 is 2.76 bits per heavy atom. The molecule has 0 bridgehead atoms. The molecule has 1 heterocycles. The molecule has 3 rings (SSSR count). The molecule has 1 aromatic rings. The Kier molecular flexibility index (Phi) is 5.97. The van der Waals surface area contributed by atoms with Gasteiger partial charge < -0.3 is 15.5 Å². The van der Waals surface area contributed by atoms with E-state index in [4.69, 9.17) is 0 Å². The average molecular weight is 345 g/mol. The van der Waals surface area contributed by atoms with Crippen molar-refractivity contribution in [3.05, 3.63) is 34.9 Å². The summed E-state index contributed by atoms with van der Waals surface area (Å²) in [4.78, 5) is 16.9. The summed E-state index contributed by atoms with van der Waals surface area (Å²) >= 11 is 0. The molecule has 0 radical (unpaired) electrons. The van der Waals surface area contributed by atoms with E-state index in [1.165, 1.54) is 42.4 Å². The number of amides is 2. The van der Waals surface area contributed by atoms with Gasteiger partial charge in [-0.1, -0.05) is 18.2 Å². The van der Waals surface area contributed by atoms with E-state index in [1.807, 2.05) is 0 Å². The van der Waals surface area contributed by atoms with Gasteiger partial charge in [0, 0.05) is 32.2 Å². The normalized spacial score (nSPS) is 22.9. The summed E-state index contributed by atoms with van der Waals surface area (Å²) in [5, 5.41) is 6.13. The minimum atomic E-state index is -0.0770. The van der Waals surface area contributed by atoms with Crippen LogP contribution in [0.1, 0.15) is 42.5 Å².